The molecule has 2 aromatic carbocycles. The molecular weight excluding hydrogens is 400 g/mol. The van der Waals surface area contributed by atoms with Crippen molar-refractivity contribution < 1.29 is 17.9 Å². The van der Waals surface area contributed by atoms with Crippen LogP contribution in [0.5, 0.6) is 5.75 Å². The number of anilines is 1. The lowest BCUT2D eigenvalue weighted by atomic mass is 10.1. The molecule has 7 heteroatoms. The number of carbonyl (C=O) groups is 1. The van der Waals surface area contributed by atoms with Gasteiger partial charge in [0.15, 0.2) is 0 Å². The van der Waals surface area contributed by atoms with Crippen LogP contribution in [-0.2, 0) is 14.8 Å². The molecule has 0 radical (unpaired) electrons. The van der Waals surface area contributed by atoms with Crippen LogP contribution in [0.2, 0.25) is 0 Å². The van der Waals surface area contributed by atoms with Gasteiger partial charge in [0.1, 0.15) is 5.75 Å². The van der Waals surface area contributed by atoms with Crippen molar-refractivity contribution in [1.82, 2.24) is 4.90 Å². The molecule has 2 aromatic rings. The highest BCUT2D eigenvalue weighted by molar-refractivity contribution is 7.92. The maximum Gasteiger partial charge on any atom is 0.264 e. The van der Waals surface area contributed by atoms with Gasteiger partial charge in [0.25, 0.3) is 10.0 Å². The van der Waals surface area contributed by atoms with Gasteiger partial charge >= 0.3 is 0 Å². The van der Waals surface area contributed by atoms with Crippen LogP contribution >= 0.6 is 0 Å². The summed E-state index contributed by atoms with van der Waals surface area (Å²) < 4.78 is 33.7. The predicted octanol–water partition coefficient (Wildman–Crippen LogP) is 3.91. The van der Waals surface area contributed by atoms with Crippen LogP contribution in [0, 0.1) is 13.8 Å². The molecule has 1 amide bonds. The number of likely N-dealkylation sites (tertiary alicyclic amines) is 1. The van der Waals surface area contributed by atoms with Crippen molar-refractivity contribution >= 4 is 21.6 Å². The highest BCUT2D eigenvalue weighted by Crippen LogP contribution is 2.28. The fraction of sp³-hybridized carbons (Fsp3) is 0.435. The topological polar surface area (TPSA) is 66.9 Å². The Hall–Kier alpha value is -2.54. The number of sulfonamides is 1. The van der Waals surface area contributed by atoms with Gasteiger partial charge in [-0.1, -0.05) is 17.7 Å². The van der Waals surface area contributed by atoms with Crippen molar-refractivity contribution in [3.8, 4) is 5.75 Å². The van der Waals surface area contributed by atoms with Gasteiger partial charge in [-0.25, -0.2) is 8.42 Å². The Balaban J connectivity index is 1.90. The largest absolute Gasteiger partial charge is 0.497 e. The van der Waals surface area contributed by atoms with Crippen LogP contribution in [0.15, 0.2) is 47.4 Å². The van der Waals surface area contributed by atoms with Crippen molar-refractivity contribution in [1.29, 1.82) is 0 Å². The van der Waals surface area contributed by atoms with Gasteiger partial charge in [0.2, 0.25) is 5.91 Å². The maximum absolute atomic E-state index is 13.6. The summed E-state index contributed by atoms with van der Waals surface area (Å²) in [6.07, 6.45) is 3.31. The minimum atomic E-state index is -3.83. The van der Waals surface area contributed by atoms with Gasteiger partial charge in [0.05, 0.1) is 17.7 Å². The third kappa shape index (κ3) is 4.95. The molecule has 0 atom stereocenters. The number of rotatable bonds is 7. The SMILES string of the molecule is COc1ccc(N(CCC(=O)N2CCCCC2)S(=O)(=O)c2ccc(C)cc2C)cc1. The van der Waals surface area contributed by atoms with Crippen LogP contribution < -0.4 is 9.04 Å². The Morgan fingerprint density at radius 2 is 1.70 bits per heavy atom. The second-order valence-corrected chi connectivity index (χ2v) is 9.57. The molecule has 1 aliphatic heterocycles. The molecule has 0 spiro atoms. The first-order valence-electron chi connectivity index (χ1n) is 10.3. The molecule has 162 valence electrons. The van der Waals surface area contributed by atoms with E-state index in [2.05, 4.69) is 0 Å². The number of aryl methyl sites for hydroxylation is 2. The van der Waals surface area contributed by atoms with Crippen LogP contribution in [0.3, 0.4) is 0 Å². The van der Waals surface area contributed by atoms with E-state index in [1.165, 1.54) is 4.31 Å². The van der Waals surface area contributed by atoms with Gasteiger partial charge in [0, 0.05) is 26.1 Å². The summed E-state index contributed by atoms with van der Waals surface area (Å²) in [6.45, 7) is 5.33. The van der Waals surface area contributed by atoms with Crippen molar-refractivity contribution in [3.63, 3.8) is 0 Å². The van der Waals surface area contributed by atoms with Crippen molar-refractivity contribution in [3.05, 3.63) is 53.6 Å². The van der Waals surface area contributed by atoms with Crippen LogP contribution in [0.25, 0.3) is 0 Å². The van der Waals surface area contributed by atoms with E-state index >= 15 is 0 Å². The molecule has 0 unspecified atom stereocenters. The molecule has 1 aliphatic rings. The molecule has 6 nitrogen and oxygen atoms in total. The van der Waals surface area contributed by atoms with Crippen molar-refractivity contribution in [2.75, 3.05) is 31.0 Å². The lowest BCUT2D eigenvalue weighted by molar-refractivity contribution is -0.131. The molecule has 1 heterocycles. The average Bonchev–Trinajstić information content (AvgIpc) is 2.74. The molecule has 1 saturated heterocycles. The molecule has 0 N–H and O–H groups in total. The van der Waals surface area contributed by atoms with E-state index in [-0.39, 0.29) is 23.8 Å². The summed E-state index contributed by atoms with van der Waals surface area (Å²) in [4.78, 5) is 14.8. The Morgan fingerprint density at radius 1 is 1.03 bits per heavy atom. The number of ether oxygens (including phenoxy) is 1. The number of amides is 1. The first-order chi connectivity index (χ1) is 14.3. The van der Waals surface area contributed by atoms with E-state index in [1.54, 1.807) is 50.4 Å². The Bertz CT molecular complexity index is 981. The summed E-state index contributed by atoms with van der Waals surface area (Å²) in [5.41, 5.74) is 2.21. The lowest BCUT2D eigenvalue weighted by Gasteiger charge is -2.29. The summed E-state index contributed by atoms with van der Waals surface area (Å²) in [7, 11) is -2.26. The summed E-state index contributed by atoms with van der Waals surface area (Å²) >= 11 is 0. The fourth-order valence-electron chi connectivity index (χ4n) is 3.84. The fourth-order valence-corrected chi connectivity index (χ4v) is 5.52. The molecule has 0 aromatic heterocycles. The van der Waals surface area contributed by atoms with E-state index in [0.29, 0.717) is 17.0 Å². The molecule has 0 aliphatic carbocycles. The number of carbonyl (C=O) groups excluding carboxylic acids is 1. The molecule has 0 bridgehead atoms. The molecule has 30 heavy (non-hydrogen) atoms. The molecular formula is C23H30N2O4S. The van der Waals surface area contributed by atoms with Crippen molar-refractivity contribution in [2.45, 2.75) is 44.4 Å². The zero-order valence-corrected chi connectivity index (χ0v) is 18.7. The standard InChI is InChI=1S/C23H30N2O4S/c1-18-7-12-22(19(2)17-18)30(27,28)25(20-8-10-21(29-3)11-9-20)16-13-23(26)24-14-5-4-6-15-24/h7-12,17H,4-6,13-16H2,1-3H3. The number of piperidine rings is 1. The van der Waals surface area contributed by atoms with Gasteiger partial charge in [-0.05, 0) is 69.0 Å². The van der Waals surface area contributed by atoms with Gasteiger partial charge in [-0.2, -0.15) is 0 Å². The average molecular weight is 431 g/mol. The highest BCUT2D eigenvalue weighted by Gasteiger charge is 2.28. The van der Waals surface area contributed by atoms with E-state index in [0.717, 1.165) is 37.9 Å². The van der Waals surface area contributed by atoms with E-state index in [4.69, 9.17) is 4.74 Å². The van der Waals surface area contributed by atoms with Crippen LogP contribution in [-0.4, -0.2) is 46.0 Å². The third-order valence-electron chi connectivity index (χ3n) is 5.50. The second-order valence-electron chi connectivity index (χ2n) is 7.74. The van der Waals surface area contributed by atoms with Crippen LogP contribution in [0.1, 0.15) is 36.8 Å². The summed E-state index contributed by atoms with van der Waals surface area (Å²) in [5, 5.41) is 0. The quantitative estimate of drug-likeness (QED) is 0.668. The normalized spacial score (nSPS) is 14.4. The third-order valence-corrected chi connectivity index (χ3v) is 7.48. The second kappa shape index (κ2) is 9.51. The zero-order valence-electron chi connectivity index (χ0n) is 17.9. The summed E-state index contributed by atoms with van der Waals surface area (Å²) in [5.74, 6) is 0.649. The Morgan fingerprint density at radius 3 is 2.30 bits per heavy atom. The van der Waals surface area contributed by atoms with Gasteiger partial charge < -0.3 is 9.64 Å². The van der Waals surface area contributed by atoms with Gasteiger partial charge in [-0.15, -0.1) is 0 Å². The predicted molar refractivity (Wildman–Crippen MR) is 118 cm³/mol. The maximum atomic E-state index is 13.6. The van der Waals surface area contributed by atoms with E-state index in [1.807, 2.05) is 17.9 Å². The number of hydrogen-bond acceptors (Lipinski definition) is 4. The number of benzene rings is 2. The monoisotopic (exact) mass is 430 g/mol. The molecule has 0 saturated carbocycles. The van der Waals surface area contributed by atoms with E-state index < -0.39 is 10.0 Å². The molecule has 1 fully saturated rings. The zero-order chi connectivity index (χ0) is 21.7. The highest BCUT2D eigenvalue weighted by atomic mass is 32.2. The molecule has 3 rings (SSSR count). The van der Waals surface area contributed by atoms with Gasteiger partial charge in [-0.3, -0.25) is 9.10 Å². The minimum absolute atomic E-state index is 0.00374. The summed E-state index contributed by atoms with van der Waals surface area (Å²) in [6, 6.07) is 12.2. The first kappa shape index (κ1) is 22.2. The number of nitrogens with zero attached hydrogens (tertiary/aromatic N) is 2. The van der Waals surface area contributed by atoms with Crippen LogP contribution in [0.4, 0.5) is 5.69 Å². The first-order valence-corrected chi connectivity index (χ1v) is 11.8. The number of methoxy groups -OCH3 is 1. The number of hydrogen-bond donors (Lipinski definition) is 0. The smallest absolute Gasteiger partial charge is 0.264 e. The Kier molecular flexibility index (Phi) is 7.02. The van der Waals surface area contributed by atoms with Crippen molar-refractivity contribution in [2.24, 2.45) is 0 Å². The minimum Gasteiger partial charge on any atom is -0.497 e. The Labute approximate surface area is 179 Å². The van der Waals surface area contributed by atoms with E-state index in [9.17, 15) is 13.2 Å². The lowest BCUT2D eigenvalue weighted by Crippen LogP contribution is -2.39.